The van der Waals surface area contributed by atoms with Gasteiger partial charge in [0.25, 0.3) is 0 Å². The van der Waals surface area contributed by atoms with Crippen LogP contribution in [0.15, 0.2) is 42.5 Å². The summed E-state index contributed by atoms with van der Waals surface area (Å²) < 4.78 is 24.2. The van der Waals surface area contributed by atoms with E-state index in [9.17, 15) is 9.18 Å². The third kappa shape index (κ3) is 5.39. The van der Waals surface area contributed by atoms with Crippen molar-refractivity contribution in [3.8, 4) is 11.5 Å². The van der Waals surface area contributed by atoms with Crippen LogP contribution < -0.4 is 14.8 Å². The smallest absolute Gasteiger partial charge is 0.237 e. The zero-order chi connectivity index (χ0) is 18.2. The van der Waals surface area contributed by atoms with E-state index in [1.54, 1.807) is 19.2 Å². The standard InChI is InChI=1S/C19H22FNO3S/c1-4-24-18-8-6-5-7-16(18)21-19(22)13(2)25-12-14-11-15(20)9-10-17(14)23-3/h5-11,13H,4,12H2,1-3H3,(H,21,22). The molecule has 134 valence electrons. The molecule has 0 fully saturated rings. The van der Waals surface area contributed by atoms with Gasteiger partial charge in [0.05, 0.1) is 24.7 Å². The molecule has 1 atom stereocenters. The van der Waals surface area contributed by atoms with Gasteiger partial charge in [0, 0.05) is 11.3 Å². The lowest BCUT2D eigenvalue weighted by atomic mass is 10.2. The highest BCUT2D eigenvalue weighted by atomic mass is 32.2. The Hall–Kier alpha value is -2.21. The van der Waals surface area contributed by atoms with Gasteiger partial charge in [0.1, 0.15) is 17.3 Å². The minimum atomic E-state index is -0.320. The number of benzene rings is 2. The lowest BCUT2D eigenvalue weighted by Crippen LogP contribution is -2.23. The Labute approximate surface area is 151 Å². The van der Waals surface area contributed by atoms with Gasteiger partial charge in [0.2, 0.25) is 5.91 Å². The number of hydrogen-bond donors (Lipinski definition) is 1. The van der Waals surface area contributed by atoms with Gasteiger partial charge in [-0.05, 0) is 44.2 Å². The fraction of sp³-hybridized carbons (Fsp3) is 0.316. The van der Waals surface area contributed by atoms with Gasteiger partial charge in [-0.3, -0.25) is 4.79 Å². The Balaban J connectivity index is 1.98. The number of amides is 1. The van der Waals surface area contributed by atoms with E-state index < -0.39 is 0 Å². The Morgan fingerprint density at radius 2 is 2.00 bits per heavy atom. The van der Waals surface area contributed by atoms with Crippen LogP contribution in [0.2, 0.25) is 0 Å². The van der Waals surface area contributed by atoms with E-state index in [0.29, 0.717) is 29.5 Å². The number of ether oxygens (including phenoxy) is 2. The number of rotatable bonds is 8. The van der Waals surface area contributed by atoms with Crippen molar-refractivity contribution < 1.29 is 18.7 Å². The van der Waals surface area contributed by atoms with Crippen molar-refractivity contribution in [3.63, 3.8) is 0 Å². The maximum absolute atomic E-state index is 13.4. The van der Waals surface area contributed by atoms with Crippen molar-refractivity contribution >= 4 is 23.4 Å². The molecule has 0 radical (unpaired) electrons. The summed E-state index contributed by atoms with van der Waals surface area (Å²) in [6, 6.07) is 11.7. The molecule has 2 aromatic carbocycles. The highest BCUT2D eigenvalue weighted by Gasteiger charge is 2.16. The molecule has 0 saturated heterocycles. The molecule has 6 heteroatoms. The van der Waals surface area contributed by atoms with Gasteiger partial charge in [0.15, 0.2) is 0 Å². The largest absolute Gasteiger partial charge is 0.496 e. The minimum absolute atomic E-state index is 0.132. The SMILES string of the molecule is CCOc1ccccc1NC(=O)C(C)SCc1cc(F)ccc1OC. The van der Waals surface area contributed by atoms with Gasteiger partial charge in [-0.2, -0.15) is 0 Å². The monoisotopic (exact) mass is 363 g/mol. The number of halogens is 1. The first-order chi connectivity index (χ1) is 12.0. The number of para-hydroxylation sites is 2. The predicted molar refractivity (Wildman–Crippen MR) is 99.9 cm³/mol. The topological polar surface area (TPSA) is 47.6 Å². The summed E-state index contributed by atoms with van der Waals surface area (Å²) in [6.07, 6.45) is 0. The molecule has 25 heavy (non-hydrogen) atoms. The highest BCUT2D eigenvalue weighted by molar-refractivity contribution is 7.99. The second kappa shape index (κ2) is 9.32. The van der Waals surface area contributed by atoms with Crippen molar-refractivity contribution in [1.82, 2.24) is 0 Å². The molecule has 0 bridgehead atoms. The van der Waals surface area contributed by atoms with Gasteiger partial charge >= 0.3 is 0 Å². The zero-order valence-electron chi connectivity index (χ0n) is 14.5. The molecule has 0 aliphatic heterocycles. The summed E-state index contributed by atoms with van der Waals surface area (Å²) in [5, 5.41) is 2.56. The van der Waals surface area contributed by atoms with Crippen molar-refractivity contribution in [1.29, 1.82) is 0 Å². The van der Waals surface area contributed by atoms with E-state index in [0.717, 1.165) is 5.56 Å². The van der Waals surface area contributed by atoms with E-state index in [1.807, 2.05) is 32.0 Å². The molecule has 0 aliphatic rings. The van der Waals surface area contributed by atoms with Gasteiger partial charge in [-0.25, -0.2) is 4.39 Å². The maximum atomic E-state index is 13.4. The number of anilines is 1. The molecule has 0 aliphatic carbocycles. The Morgan fingerprint density at radius 1 is 1.24 bits per heavy atom. The van der Waals surface area contributed by atoms with Crippen LogP contribution in [-0.4, -0.2) is 24.9 Å². The normalized spacial score (nSPS) is 11.7. The van der Waals surface area contributed by atoms with E-state index in [1.165, 1.54) is 23.9 Å². The molecule has 4 nitrogen and oxygen atoms in total. The average molecular weight is 363 g/mol. The number of carbonyl (C=O) groups is 1. The first-order valence-corrected chi connectivity index (χ1v) is 9.06. The third-order valence-electron chi connectivity index (χ3n) is 3.55. The molecule has 2 rings (SSSR count). The summed E-state index contributed by atoms with van der Waals surface area (Å²) in [5.74, 6) is 1.28. The van der Waals surface area contributed by atoms with Crippen LogP contribution >= 0.6 is 11.8 Å². The van der Waals surface area contributed by atoms with Gasteiger partial charge < -0.3 is 14.8 Å². The zero-order valence-corrected chi connectivity index (χ0v) is 15.4. The second-order valence-electron chi connectivity index (χ2n) is 5.33. The van der Waals surface area contributed by atoms with Crippen LogP contribution in [0.4, 0.5) is 10.1 Å². The molecule has 2 aromatic rings. The first kappa shape index (κ1) is 19.1. The summed E-state index contributed by atoms with van der Waals surface area (Å²) in [4.78, 5) is 12.4. The summed E-state index contributed by atoms with van der Waals surface area (Å²) in [7, 11) is 1.54. The van der Waals surface area contributed by atoms with Crippen LogP contribution in [0.5, 0.6) is 11.5 Å². The number of thioether (sulfide) groups is 1. The Kier molecular flexibility index (Phi) is 7.13. The maximum Gasteiger partial charge on any atom is 0.237 e. The van der Waals surface area contributed by atoms with Crippen molar-refractivity contribution in [3.05, 3.63) is 53.8 Å². The average Bonchev–Trinajstić information content (AvgIpc) is 2.61. The van der Waals surface area contributed by atoms with E-state index in [4.69, 9.17) is 9.47 Å². The lowest BCUT2D eigenvalue weighted by Gasteiger charge is -2.15. The molecule has 0 heterocycles. The van der Waals surface area contributed by atoms with Crippen molar-refractivity contribution in [2.45, 2.75) is 24.9 Å². The summed E-state index contributed by atoms with van der Waals surface area (Å²) >= 11 is 1.41. The molecule has 1 amide bonds. The molecule has 0 spiro atoms. The van der Waals surface area contributed by atoms with Crippen LogP contribution in [0.1, 0.15) is 19.4 Å². The third-order valence-corrected chi connectivity index (χ3v) is 4.74. The Bertz CT molecular complexity index is 724. The molecule has 0 saturated carbocycles. The minimum Gasteiger partial charge on any atom is -0.496 e. The molecule has 1 unspecified atom stereocenters. The van der Waals surface area contributed by atoms with E-state index in [2.05, 4.69) is 5.32 Å². The van der Waals surface area contributed by atoms with Crippen LogP contribution in [0, 0.1) is 5.82 Å². The van der Waals surface area contributed by atoms with Crippen LogP contribution in [0.25, 0.3) is 0 Å². The number of hydrogen-bond acceptors (Lipinski definition) is 4. The molecule has 1 N–H and O–H groups in total. The van der Waals surface area contributed by atoms with Crippen LogP contribution in [-0.2, 0) is 10.5 Å². The first-order valence-electron chi connectivity index (χ1n) is 8.01. The lowest BCUT2D eigenvalue weighted by molar-refractivity contribution is -0.115. The van der Waals surface area contributed by atoms with Crippen LogP contribution in [0.3, 0.4) is 0 Å². The number of methoxy groups -OCH3 is 1. The fourth-order valence-corrected chi connectivity index (χ4v) is 3.10. The fourth-order valence-electron chi connectivity index (χ4n) is 2.24. The van der Waals surface area contributed by atoms with Gasteiger partial charge in [-0.1, -0.05) is 12.1 Å². The molecule has 0 aromatic heterocycles. The highest BCUT2D eigenvalue weighted by Crippen LogP contribution is 2.28. The van der Waals surface area contributed by atoms with Crippen molar-refractivity contribution in [2.24, 2.45) is 0 Å². The quantitative estimate of drug-likeness (QED) is 0.750. The summed E-state index contributed by atoms with van der Waals surface area (Å²) in [5.41, 5.74) is 1.37. The Morgan fingerprint density at radius 3 is 2.72 bits per heavy atom. The predicted octanol–water partition coefficient (Wildman–Crippen LogP) is 4.49. The van der Waals surface area contributed by atoms with Crippen molar-refractivity contribution in [2.75, 3.05) is 19.0 Å². The summed E-state index contributed by atoms with van der Waals surface area (Å²) in [6.45, 7) is 4.23. The number of carbonyl (C=O) groups excluding carboxylic acids is 1. The van der Waals surface area contributed by atoms with E-state index in [-0.39, 0.29) is 17.0 Å². The van der Waals surface area contributed by atoms with E-state index >= 15 is 0 Å². The molecular weight excluding hydrogens is 341 g/mol. The second-order valence-corrected chi connectivity index (χ2v) is 6.66. The number of nitrogens with one attached hydrogen (secondary N) is 1. The molecular formula is C19H22FNO3S. The van der Waals surface area contributed by atoms with Gasteiger partial charge in [-0.15, -0.1) is 11.8 Å².